The van der Waals surface area contributed by atoms with Crippen LogP contribution in [-0.4, -0.2) is 47.0 Å². The Labute approximate surface area is 182 Å². The maximum absolute atomic E-state index is 13.1. The predicted molar refractivity (Wildman–Crippen MR) is 115 cm³/mol. The van der Waals surface area contributed by atoms with E-state index in [2.05, 4.69) is 29.0 Å². The Kier molecular flexibility index (Phi) is 6.45. The van der Waals surface area contributed by atoms with Gasteiger partial charge in [-0.3, -0.25) is 4.98 Å². The van der Waals surface area contributed by atoms with Gasteiger partial charge in [-0.05, 0) is 48.6 Å². The molecule has 1 aromatic carbocycles. The van der Waals surface area contributed by atoms with Crippen LogP contribution in [0, 0.1) is 0 Å². The number of sulfonamides is 1. The zero-order valence-corrected chi connectivity index (χ0v) is 18.5. The summed E-state index contributed by atoms with van der Waals surface area (Å²) in [6.07, 6.45) is 4.62. The molecule has 8 nitrogen and oxygen atoms in total. The first-order valence-corrected chi connectivity index (χ1v) is 11.8. The molecule has 0 N–H and O–H groups in total. The van der Waals surface area contributed by atoms with Gasteiger partial charge in [0.1, 0.15) is 6.61 Å². The van der Waals surface area contributed by atoms with E-state index < -0.39 is 10.0 Å². The number of pyridine rings is 1. The van der Waals surface area contributed by atoms with Crippen molar-refractivity contribution in [1.82, 2.24) is 19.4 Å². The summed E-state index contributed by atoms with van der Waals surface area (Å²) in [5.41, 5.74) is 1.85. The molecule has 3 heterocycles. The van der Waals surface area contributed by atoms with Gasteiger partial charge in [-0.1, -0.05) is 31.1 Å². The summed E-state index contributed by atoms with van der Waals surface area (Å²) in [6.45, 7) is 5.12. The second-order valence-electron chi connectivity index (χ2n) is 7.92. The van der Waals surface area contributed by atoms with E-state index >= 15 is 0 Å². The molecule has 1 aliphatic heterocycles. The van der Waals surface area contributed by atoms with Crippen molar-refractivity contribution in [3.8, 4) is 11.5 Å². The number of piperidine rings is 1. The highest BCUT2D eigenvalue weighted by atomic mass is 32.2. The van der Waals surface area contributed by atoms with Gasteiger partial charge in [0.2, 0.25) is 10.0 Å². The van der Waals surface area contributed by atoms with Gasteiger partial charge in [0.15, 0.2) is 5.82 Å². The van der Waals surface area contributed by atoms with Crippen molar-refractivity contribution in [1.29, 1.82) is 0 Å². The third-order valence-corrected chi connectivity index (χ3v) is 7.23. The highest BCUT2D eigenvalue weighted by Crippen LogP contribution is 2.24. The highest BCUT2D eigenvalue weighted by molar-refractivity contribution is 7.89. The highest BCUT2D eigenvalue weighted by Gasteiger charge is 2.31. The Balaban J connectivity index is 1.38. The molecule has 1 aliphatic rings. The van der Waals surface area contributed by atoms with E-state index in [9.17, 15) is 8.42 Å². The number of hydrogen-bond acceptors (Lipinski definition) is 7. The van der Waals surface area contributed by atoms with Crippen molar-refractivity contribution in [2.24, 2.45) is 0 Å². The standard InChI is InChI=1S/C22H26N4O4S/c1-16(2)17-7-9-20(10-8-17)31(27,28)26-12-4-6-19(14-26)29-15-21-24-22(30-25-21)18-5-3-11-23-13-18/h3,5,7-11,13,16,19H,4,6,12,14-15H2,1-2H3. The van der Waals surface area contributed by atoms with Crippen LogP contribution in [0.2, 0.25) is 0 Å². The second-order valence-corrected chi connectivity index (χ2v) is 9.86. The zero-order chi connectivity index (χ0) is 21.8. The molecule has 1 atom stereocenters. The quantitative estimate of drug-likeness (QED) is 0.551. The van der Waals surface area contributed by atoms with Crippen molar-refractivity contribution in [2.75, 3.05) is 13.1 Å². The van der Waals surface area contributed by atoms with E-state index in [4.69, 9.17) is 9.26 Å². The minimum Gasteiger partial charge on any atom is -0.369 e. The van der Waals surface area contributed by atoms with E-state index in [1.807, 2.05) is 18.2 Å². The lowest BCUT2D eigenvalue weighted by Crippen LogP contribution is -2.43. The lowest BCUT2D eigenvalue weighted by Gasteiger charge is -2.31. The van der Waals surface area contributed by atoms with Gasteiger partial charge in [0, 0.05) is 25.5 Å². The number of aromatic nitrogens is 3. The average Bonchev–Trinajstić information content (AvgIpc) is 3.28. The van der Waals surface area contributed by atoms with Crippen molar-refractivity contribution in [3.63, 3.8) is 0 Å². The molecule has 0 aliphatic carbocycles. The molecule has 0 radical (unpaired) electrons. The van der Waals surface area contributed by atoms with Crippen molar-refractivity contribution in [3.05, 3.63) is 60.2 Å². The summed E-state index contributed by atoms with van der Waals surface area (Å²) in [6, 6.07) is 10.8. The minimum atomic E-state index is -3.56. The van der Waals surface area contributed by atoms with E-state index in [1.165, 1.54) is 4.31 Å². The normalized spacial score (nSPS) is 17.8. The van der Waals surface area contributed by atoms with Crippen LogP contribution in [0.5, 0.6) is 0 Å². The van der Waals surface area contributed by atoms with Gasteiger partial charge in [-0.2, -0.15) is 9.29 Å². The summed E-state index contributed by atoms with van der Waals surface area (Å²) >= 11 is 0. The fourth-order valence-corrected chi connectivity index (χ4v) is 5.05. The number of rotatable bonds is 7. The predicted octanol–water partition coefficient (Wildman–Crippen LogP) is 3.62. The third-order valence-electron chi connectivity index (χ3n) is 5.35. The topological polar surface area (TPSA) is 98.4 Å². The maximum Gasteiger partial charge on any atom is 0.259 e. The van der Waals surface area contributed by atoms with Gasteiger partial charge < -0.3 is 9.26 Å². The molecular formula is C22H26N4O4S. The van der Waals surface area contributed by atoms with Crippen LogP contribution in [0.4, 0.5) is 0 Å². The van der Waals surface area contributed by atoms with Crippen LogP contribution in [0.3, 0.4) is 0 Å². The first kappa shape index (κ1) is 21.6. The molecule has 0 bridgehead atoms. The Bertz CT molecular complexity index is 1100. The largest absolute Gasteiger partial charge is 0.369 e. The molecule has 1 unspecified atom stereocenters. The smallest absolute Gasteiger partial charge is 0.259 e. The van der Waals surface area contributed by atoms with Crippen molar-refractivity contribution < 1.29 is 17.7 Å². The lowest BCUT2D eigenvalue weighted by atomic mass is 10.0. The number of nitrogens with zero attached hydrogens (tertiary/aromatic N) is 4. The Hall–Kier alpha value is -2.62. The zero-order valence-electron chi connectivity index (χ0n) is 17.6. The van der Waals surface area contributed by atoms with E-state index in [0.717, 1.165) is 24.0 Å². The molecule has 0 spiro atoms. The molecule has 9 heteroatoms. The summed E-state index contributed by atoms with van der Waals surface area (Å²) in [4.78, 5) is 8.68. The number of benzene rings is 1. The monoisotopic (exact) mass is 442 g/mol. The van der Waals surface area contributed by atoms with Crippen LogP contribution in [-0.2, 0) is 21.4 Å². The van der Waals surface area contributed by atoms with Crippen LogP contribution in [0.1, 0.15) is 44.0 Å². The van der Waals surface area contributed by atoms with Gasteiger partial charge in [0.25, 0.3) is 5.89 Å². The van der Waals surface area contributed by atoms with Gasteiger partial charge >= 0.3 is 0 Å². The molecule has 0 amide bonds. The van der Waals surface area contributed by atoms with Crippen molar-refractivity contribution in [2.45, 2.75) is 50.2 Å². The molecule has 164 valence electrons. The molecule has 0 saturated carbocycles. The van der Waals surface area contributed by atoms with Gasteiger partial charge in [-0.25, -0.2) is 8.42 Å². The van der Waals surface area contributed by atoms with Gasteiger partial charge in [0.05, 0.1) is 16.6 Å². The molecule has 3 aromatic rings. The number of ether oxygens (including phenoxy) is 1. The van der Waals surface area contributed by atoms with Crippen LogP contribution >= 0.6 is 0 Å². The summed E-state index contributed by atoms with van der Waals surface area (Å²) in [7, 11) is -3.56. The third kappa shape index (κ3) is 5.00. The summed E-state index contributed by atoms with van der Waals surface area (Å²) in [5.74, 6) is 1.15. The molecule has 31 heavy (non-hydrogen) atoms. The Morgan fingerprint density at radius 2 is 2.03 bits per heavy atom. The Morgan fingerprint density at radius 1 is 1.23 bits per heavy atom. The van der Waals surface area contributed by atoms with E-state index in [1.54, 1.807) is 30.6 Å². The molecule has 2 aromatic heterocycles. The molecule has 4 rings (SSSR count). The molecular weight excluding hydrogens is 416 g/mol. The lowest BCUT2D eigenvalue weighted by molar-refractivity contribution is 0.00438. The van der Waals surface area contributed by atoms with E-state index in [0.29, 0.717) is 35.6 Å². The fraction of sp³-hybridized carbons (Fsp3) is 0.409. The van der Waals surface area contributed by atoms with E-state index in [-0.39, 0.29) is 12.7 Å². The maximum atomic E-state index is 13.1. The van der Waals surface area contributed by atoms with Crippen LogP contribution < -0.4 is 0 Å². The number of hydrogen-bond donors (Lipinski definition) is 0. The minimum absolute atomic E-state index is 0.158. The first-order valence-electron chi connectivity index (χ1n) is 10.4. The van der Waals surface area contributed by atoms with Crippen molar-refractivity contribution >= 4 is 10.0 Å². The van der Waals surface area contributed by atoms with Crippen LogP contribution in [0.25, 0.3) is 11.5 Å². The fourth-order valence-electron chi connectivity index (χ4n) is 3.54. The SMILES string of the molecule is CC(C)c1ccc(S(=O)(=O)N2CCCC(OCc3noc(-c4cccnc4)n3)C2)cc1. The summed E-state index contributed by atoms with van der Waals surface area (Å²) < 4.78 is 38.8. The second kappa shape index (κ2) is 9.25. The van der Waals surface area contributed by atoms with Crippen LogP contribution in [0.15, 0.2) is 58.2 Å². The Morgan fingerprint density at radius 3 is 2.74 bits per heavy atom. The molecule has 1 fully saturated rings. The molecule has 1 saturated heterocycles. The van der Waals surface area contributed by atoms with Gasteiger partial charge in [-0.15, -0.1) is 0 Å². The summed E-state index contributed by atoms with van der Waals surface area (Å²) in [5, 5.41) is 3.94. The first-order chi connectivity index (χ1) is 14.9. The average molecular weight is 443 g/mol.